The molecule has 0 rings (SSSR count). The lowest BCUT2D eigenvalue weighted by molar-refractivity contribution is 0.241. The van der Waals surface area contributed by atoms with Crippen molar-refractivity contribution in [2.45, 2.75) is 18.5 Å². The first-order valence-corrected chi connectivity index (χ1v) is 2.92. The number of nitrogens with two attached hydrogens (primary N) is 5. The minimum Gasteiger partial charge on any atom is -0.326 e. The van der Waals surface area contributed by atoms with E-state index in [9.17, 15) is 0 Å². The fourth-order valence-electron chi connectivity index (χ4n) is 0.552. The van der Waals surface area contributed by atoms with E-state index >= 15 is 0 Å². The molecule has 0 saturated heterocycles. The lowest BCUT2D eigenvalue weighted by Crippen LogP contribution is -2.76. The molecule has 0 radical (unpaired) electrons. The van der Waals surface area contributed by atoms with Gasteiger partial charge < -0.3 is 17.2 Å². The second kappa shape index (κ2) is 2.79. The third-order valence-corrected chi connectivity index (χ3v) is 0.840. The van der Waals surface area contributed by atoms with E-state index in [1.54, 1.807) is 0 Å². The molecular weight excluding hydrogens is 132 g/mol. The Bertz CT molecular complexity index is 103. The minimum absolute atomic E-state index is 0.0665. The first kappa shape index (κ1) is 9.76. The lowest BCUT2D eigenvalue weighted by atomic mass is 10.3. The van der Waals surface area contributed by atoms with Gasteiger partial charge in [0, 0.05) is 6.54 Å². The fourth-order valence-corrected chi connectivity index (χ4v) is 0.552. The van der Waals surface area contributed by atoms with E-state index in [1.165, 1.54) is 6.92 Å². The van der Waals surface area contributed by atoms with Crippen LogP contribution in [-0.2, 0) is 0 Å². The molecular formula is C4H16N6. The maximum Gasteiger partial charge on any atom is 0.133 e. The molecule has 0 aliphatic rings. The van der Waals surface area contributed by atoms with E-state index in [-0.39, 0.29) is 6.54 Å². The third-order valence-electron chi connectivity index (χ3n) is 0.840. The molecule has 6 nitrogen and oxygen atoms in total. The molecule has 0 spiro atoms. The summed E-state index contributed by atoms with van der Waals surface area (Å²) in [5, 5.41) is 2.53. The van der Waals surface area contributed by atoms with Gasteiger partial charge in [-0.1, -0.05) is 0 Å². The molecule has 6 heteroatoms. The molecule has 0 fully saturated rings. The van der Waals surface area contributed by atoms with Crippen molar-refractivity contribution in [3.63, 3.8) is 0 Å². The van der Waals surface area contributed by atoms with E-state index in [0.29, 0.717) is 0 Å². The highest BCUT2D eigenvalue weighted by atomic mass is 15.4. The predicted molar refractivity (Wildman–Crippen MR) is 40.1 cm³/mol. The van der Waals surface area contributed by atoms with Gasteiger partial charge in [-0.15, -0.1) is 0 Å². The third kappa shape index (κ3) is 4.62. The summed E-state index contributed by atoms with van der Waals surface area (Å²) in [6, 6.07) is 0. The standard InChI is InChI=1S/C4H16N6/c1-3(6,7)10-4(8,9)2-5/h10H,2,5-9H2,1H3. The van der Waals surface area contributed by atoms with Crippen molar-refractivity contribution in [1.29, 1.82) is 0 Å². The van der Waals surface area contributed by atoms with Crippen LogP contribution in [-0.4, -0.2) is 18.1 Å². The summed E-state index contributed by atoms with van der Waals surface area (Å²) in [7, 11) is 0. The van der Waals surface area contributed by atoms with Gasteiger partial charge in [0.05, 0.1) is 0 Å². The van der Waals surface area contributed by atoms with E-state index in [0.717, 1.165) is 0 Å². The lowest BCUT2D eigenvalue weighted by Gasteiger charge is -2.32. The Balaban J connectivity index is 3.89. The van der Waals surface area contributed by atoms with Crippen LogP contribution in [0.4, 0.5) is 0 Å². The highest BCUT2D eigenvalue weighted by Gasteiger charge is 2.23. The molecule has 0 unspecified atom stereocenters. The molecule has 0 aromatic rings. The molecule has 0 heterocycles. The van der Waals surface area contributed by atoms with Crippen LogP contribution >= 0.6 is 0 Å². The van der Waals surface area contributed by atoms with Gasteiger partial charge in [-0.05, 0) is 6.92 Å². The van der Waals surface area contributed by atoms with Gasteiger partial charge in [-0.3, -0.25) is 16.8 Å². The summed E-state index contributed by atoms with van der Waals surface area (Å²) in [6.45, 7) is 1.61. The van der Waals surface area contributed by atoms with E-state index in [2.05, 4.69) is 5.32 Å². The highest BCUT2D eigenvalue weighted by Crippen LogP contribution is 1.86. The fraction of sp³-hybridized carbons (Fsp3) is 1.00. The first-order valence-electron chi connectivity index (χ1n) is 2.92. The van der Waals surface area contributed by atoms with Gasteiger partial charge in [0.2, 0.25) is 0 Å². The molecule has 0 aliphatic heterocycles. The molecule has 0 aliphatic carbocycles. The maximum absolute atomic E-state index is 5.38. The van der Waals surface area contributed by atoms with Crippen LogP contribution in [0.3, 0.4) is 0 Å². The largest absolute Gasteiger partial charge is 0.326 e. The summed E-state index contributed by atoms with van der Waals surface area (Å²) in [6.07, 6.45) is 0. The monoisotopic (exact) mass is 148 g/mol. The average Bonchev–Trinajstić information content (AvgIpc) is 1.60. The SMILES string of the molecule is CC(N)(N)NC(N)(N)CN. The summed E-state index contributed by atoms with van der Waals surface area (Å²) in [5.74, 6) is -2.29. The smallest absolute Gasteiger partial charge is 0.133 e. The molecule has 0 atom stereocenters. The zero-order valence-corrected chi connectivity index (χ0v) is 6.09. The molecule has 0 aromatic carbocycles. The highest BCUT2D eigenvalue weighted by molar-refractivity contribution is 4.81. The van der Waals surface area contributed by atoms with Crippen molar-refractivity contribution in [1.82, 2.24) is 5.32 Å². The van der Waals surface area contributed by atoms with Crippen LogP contribution in [0.15, 0.2) is 0 Å². The second-order valence-corrected chi connectivity index (χ2v) is 2.65. The van der Waals surface area contributed by atoms with Crippen molar-refractivity contribution < 1.29 is 0 Å². The molecule has 62 valence electrons. The van der Waals surface area contributed by atoms with E-state index < -0.39 is 11.6 Å². The Morgan fingerprint density at radius 3 is 1.70 bits per heavy atom. The molecule has 0 amide bonds. The number of nitrogens with one attached hydrogen (secondary N) is 1. The average molecular weight is 148 g/mol. The van der Waals surface area contributed by atoms with Gasteiger partial charge in [0.1, 0.15) is 11.6 Å². The molecule has 10 heavy (non-hydrogen) atoms. The molecule has 0 aromatic heterocycles. The van der Waals surface area contributed by atoms with E-state index in [1.807, 2.05) is 0 Å². The van der Waals surface area contributed by atoms with Crippen LogP contribution in [0, 0.1) is 0 Å². The summed E-state index contributed by atoms with van der Waals surface area (Å²) in [5.41, 5.74) is 26.7. The summed E-state index contributed by atoms with van der Waals surface area (Å²) in [4.78, 5) is 0. The Labute approximate surface area is 60.1 Å². The quantitative estimate of drug-likeness (QED) is 0.231. The summed E-state index contributed by atoms with van der Waals surface area (Å²) >= 11 is 0. The predicted octanol–water partition coefficient (Wildman–Crippen LogP) is -3.30. The van der Waals surface area contributed by atoms with Crippen molar-refractivity contribution >= 4 is 0 Å². The molecule has 11 N–H and O–H groups in total. The summed E-state index contributed by atoms with van der Waals surface area (Å²) < 4.78 is 0. The van der Waals surface area contributed by atoms with Crippen LogP contribution in [0.5, 0.6) is 0 Å². The van der Waals surface area contributed by atoms with Crippen LogP contribution in [0.25, 0.3) is 0 Å². The van der Waals surface area contributed by atoms with Gasteiger partial charge in [0.25, 0.3) is 0 Å². The Morgan fingerprint density at radius 1 is 1.20 bits per heavy atom. The Kier molecular flexibility index (Phi) is 2.72. The van der Waals surface area contributed by atoms with Gasteiger partial charge in [-0.25, -0.2) is 0 Å². The van der Waals surface area contributed by atoms with Crippen molar-refractivity contribution in [2.24, 2.45) is 28.7 Å². The molecule has 0 saturated carbocycles. The first-order chi connectivity index (χ1) is 4.27. The topological polar surface area (TPSA) is 142 Å². The van der Waals surface area contributed by atoms with Crippen LogP contribution < -0.4 is 34.0 Å². The van der Waals surface area contributed by atoms with Gasteiger partial charge in [-0.2, -0.15) is 0 Å². The minimum atomic E-state index is -1.20. The van der Waals surface area contributed by atoms with E-state index in [4.69, 9.17) is 28.7 Å². The Morgan fingerprint density at radius 2 is 1.60 bits per heavy atom. The second-order valence-electron chi connectivity index (χ2n) is 2.65. The number of rotatable bonds is 3. The number of hydrogen-bond donors (Lipinski definition) is 6. The Hall–Kier alpha value is -0.240. The number of hydrogen-bond acceptors (Lipinski definition) is 6. The van der Waals surface area contributed by atoms with Gasteiger partial charge in [0.15, 0.2) is 0 Å². The molecule has 0 bridgehead atoms. The van der Waals surface area contributed by atoms with Crippen molar-refractivity contribution in [2.75, 3.05) is 6.54 Å². The normalized spacial score (nSPS) is 13.8. The van der Waals surface area contributed by atoms with Crippen molar-refractivity contribution in [3.05, 3.63) is 0 Å². The van der Waals surface area contributed by atoms with Crippen LogP contribution in [0.2, 0.25) is 0 Å². The maximum atomic E-state index is 5.38. The zero-order chi connectivity index (χ0) is 8.41. The van der Waals surface area contributed by atoms with Gasteiger partial charge >= 0.3 is 0 Å². The van der Waals surface area contributed by atoms with Crippen LogP contribution in [0.1, 0.15) is 6.92 Å². The van der Waals surface area contributed by atoms with Crippen molar-refractivity contribution in [3.8, 4) is 0 Å². The zero-order valence-electron chi connectivity index (χ0n) is 6.09.